The number of aliphatic carboxylic acids is 1. The summed E-state index contributed by atoms with van der Waals surface area (Å²) < 4.78 is 0. The second kappa shape index (κ2) is 10.2. The number of carboxylic acids is 1. The van der Waals surface area contributed by atoms with E-state index in [1.807, 2.05) is 0 Å². The Morgan fingerprint density at radius 3 is 1.79 bits per heavy atom. The molecule has 4 nitrogen and oxygen atoms in total. The predicted octanol–water partition coefficient (Wildman–Crippen LogP) is 0.968. The molecule has 0 saturated heterocycles. The summed E-state index contributed by atoms with van der Waals surface area (Å²) in [6.45, 7) is 12.0. The summed E-state index contributed by atoms with van der Waals surface area (Å²) in [7, 11) is 0. The van der Waals surface area contributed by atoms with Gasteiger partial charge in [0, 0.05) is 12.1 Å². The van der Waals surface area contributed by atoms with Crippen LogP contribution in [0.25, 0.3) is 0 Å². The fourth-order valence-corrected chi connectivity index (χ4v) is 0.681. The van der Waals surface area contributed by atoms with Crippen molar-refractivity contribution in [2.24, 2.45) is 0 Å². The molecule has 0 aromatic heterocycles. The molecule has 0 spiro atoms. The number of rotatable bonds is 5. The van der Waals surface area contributed by atoms with Gasteiger partial charge in [-0.15, -0.1) is 0 Å². The van der Waals surface area contributed by atoms with E-state index in [-0.39, 0.29) is 12.2 Å². The van der Waals surface area contributed by atoms with Crippen molar-refractivity contribution in [3.8, 4) is 0 Å². The molecule has 2 N–H and O–H groups in total. The molecule has 84 valence electrons. The third-order valence-electron chi connectivity index (χ3n) is 1.68. The van der Waals surface area contributed by atoms with Crippen LogP contribution in [0.5, 0.6) is 0 Å². The van der Waals surface area contributed by atoms with Crippen molar-refractivity contribution in [1.29, 1.82) is 0 Å². The SMILES string of the molecule is C=C(C)C(=O)O.CCN(CC)CCO. The Morgan fingerprint density at radius 2 is 1.71 bits per heavy atom. The number of likely N-dealkylation sites (N-methyl/N-ethyl adjacent to an activating group) is 1. The van der Waals surface area contributed by atoms with E-state index in [2.05, 4.69) is 25.3 Å². The average Bonchev–Trinajstić information content (AvgIpc) is 2.15. The second-order valence-corrected chi connectivity index (χ2v) is 2.84. The van der Waals surface area contributed by atoms with E-state index in [0.29, 0.717) is 0 Å². The van der Waals surface area contributed by atoms with Crippen LogP contribution in [0.3, 0.4) is 0 Å². The minimum absolute atomic E-state index is 0.176. The Labute approximate surface area is 85.8 Å². The van der Waals surface area contributed by atoms with Crippen LogP contribution in [0.4, 0.5) is 0 Å². The second-order valence-electron chi connectivity index (χ2n) is 2.84. The standard InChI is InChI=1S/C6H15NO.C4H6O2/c1-3-7(4-2)5-6-8;1-3(2)4(5)6/h8H,3-6H2,1-2H3;1H2,2H3,(H,5,6). The quantitative estimate of drug-likeness (QED) is 0.654. The van der Waals surface area contributed by atoms with Crippen molar-refractivity contribution >= 4 is 5.97 Å². The number of carbonyl (C=O) groups is 1. The zero-order chi connectivity index (χ0) is 11.6. The van der Waals surface area contributed by atoms with Gasteiger partial charge in [0.2, 0.25) is 0 Å². The normalized spacial score (nSPS) is 9.21. The number of aliphatic hydroxyl groups is 1. The van der Waals surface area contributed by atoms with Crippen LogP contribution < -0.4 is 0 Å². The molecule has 0 aromatic carbocycles. The first-order valence-electron chi connectivity index (χ1n) is 4.71. The van der Waals surface area contributed by atoms with Crippen molar-refractivity contribution in [2.45, 2.75) is 20.8 Å². The molecule has 0 radical (unpaired) electrons. The van der Waals surface area contributed by atoms with Crippen LogP contribution >= 0.6 is 0 Å². The maximum absolute atomic E-state index is 9.60. The summed E-state index contributed by atoms with van der Waals surface area (Å²) in [4.78, 5) is 11.8. The molecule has 0 heterocycles. The molecule has 0 fully saturated rings. The fourth-order valence-electron chi connectivity index (χ4n) is 0.681. The average molecular weight is 203 g/mol. The van der Waals surface area contributed by atoms with Crippen LogP contribution in [0, 0.1) is 0 Å². The van der Waals surface area contributed by atoms with E-state index in [1.165, 1.54) is 6.92 Å². The van der Waals surface area contributed by atoms with E-state index in [4.69, 9.17) is 10.2 Å². The summed E-state index contributed by atoms with van der Waals surface area (Å²) in [5.74, 6) is -0.935. The molecular formula is C10H21NO3. The minimum atomic E-state index is -0.935. The molecule has 0 bridgehead atoms. The molecule has 0 aliphatic rings. The Hall–Kier alpha value is -0.870. The van der Waals surface area contributed by atoms with E-state index in [9.17, 15) is 4.79 Å². The van der Waals surface area contributed by atoms with Crippen molar-refractivity contribution in [2.75, 3.05) is 26.2 Å². The molecule has 14 heavy (non-hydrogen) atoms. The fraction of sp³-hybridized carbons (Fsp3) is 0.700. The van der Waals surface area contributed by atoms with Crippen LogP contribution in [-0.2, 0) is 4.79 Å². The van der Waals surface area contributed by atoms with Crippen LogP contribution in [0.15, 0.2) is 12.2 Å². The van der Waals surface area contributed by atoms with Gasteiger partial charge in [0.15, 0.2) is 0 Å². The van der Waals surface area contributed by atoms with E-state index in [1.54, 1.807) is 0 Å². The van der Waals surface area contributed by atoms with Gasteiger partial charge in [0.1, 0.15) is 0 Å². The van der Waals surface area contributed by atoms with Gasteiger partial charge in [-0.1, -0.05) is 20.4 Å². The first-order chi connectivity index (χ1) is 6.49. The van der Waals surface area contributed by atoms with E-state index < -0.39 is 5.97 Å². The molecule has 0 aliphatic carbocycles. The van der Waals surface area contributed by atoms with Gasteiger partial charge < -0.3 is 15.1 Å². The molecule has 0 saturated carbocycles. The molecule has 0 aliphatic heterocycles. The topological polar surface area (TPSA) is 60.8 Å². The first kappa shape index (κ1) is 15.6. The van der Waals surface area contributed by atoms with Gasteiger partial charge in [0.05, 0.1) is 6.61 Å². The van der Waals surface area contributed by atoms with Gasteiger partial charge in [-0.3, -0.25) is 0 Å². The Kier molecular flexibility index (Phi) is 11.4. The van der Waals surface area contributed by atoms with Crippen molar-refractivity contribution < 1.29 is 15.0 Å². The summed E-state index contributed by atoms with van der Waals surface area (Å²) in [6.07, 6.45) is 0. The van der Waals surface area contributed by atoms with Gasteiger partial charge in [-0.05, 0) is 20.0 Å². The van der Waals surface area contributed by atoms with Crippen LogP contribution in [0.2, 0.25) is 0 Å². The molecular weight excluding hydrogens is 182 g/mol. The van der Waals surface area contributed by atoms with Crippen molar-refractivity contribution in [3.05, 3.63) is 12.2 Å². The Bertz CT molecular complexity index is 153. The maximum atomic E-state index is 9.60. The zero-order valence-electron chi connectivity index (χ0n) is 9.29. The Balaban J connectivity index is 0. The first-order valence-corrected chi connectivity index (χ1v) is 4.71. The summed E-state index contributed by atoms with van der Waals surface area (Å²) in [5.41, 5.74) is 0.176. The zero-order valence-corrected chi connectivity index (χ0v) is 9.29. The lowest BCUT2D eigenvalue weighted by Gasteiger charge is -2.15. The van der Waals surface area contributed by atoms with Gasteiger partial charge >= 0.3 is 5.97 Å². The highest BCUT2D eigenvalue weighted by Gasteiger charge is 1.93. The lowest BCUT2D eigenvalue weighted by molar-refractivity contribution is -0.132. The smallest absolute Gasteiger partial charge is 0.330 e. The van der Waals surface area contributed by atoms with Crippen molar-refractivity contribution in [1.82, 2.24) is 4.90 Å². The highest BCUT2D eigenvalue weighted by Crippen LogP contribution is 1.82. The maximum Gasteiger partial charge on any atom is 0.330 e. The van der Waals surface area contributed by atoms with Gasteiger partial charge in [-0.25, -0.2) is 4.79 Å². The van der Waals surface area contributed by atoms with Gasteiger partial charge in [0.25, 0.3) is 0 Å². The highest BCUT2D eigenvalue weighted by molar-refractivity contribution is 5.84. The third kappa shape index (κ3) is 11.1. The monoisotopic (exact) mass is 203 g/mol. The summed E-state index contributed by atoms with van der Waals surface area (Å²) in [5, 5.41) is 16.3. The lowest BCUT2D eigenvalue weighted by Crippen LogP contribution is -2.25. The van der Waals surface area contributed by atoms with E-state index >= 15 is 0 Å². The van der Waals surface area contributed by atoms with Crippen LogP contribution in [0.1, 0.15) is 20.8 Å². The molecule has 0 rings (SSSR count). The molecule has 0 atom stereocenters. The summed E-state index contributed by atoms with van der Waals surface area (Å²) in [6, 6.07) is 0. The number of hydrogen-bond donors (Lipinski definition) is 2. The minimum Gasteiger partial charge on any atom is -0.478 e. The summed E-state index contributed by atoms with van der Waals surface area (Å²) >= 11 is 0. The van der Waals surface area contributed by atoms with Gasteiger partial charge in [-0.2, -0.15) is 0 Å². The van der Waals surface area contributed by atoms with Crippen LogP contribution in [-0.4, -0.2) is 47.3 Å². The number of hydrogen-bond acceptors (Lipinski definition) is 3. The number of nitrogens with zero attached hydrogens (tertiary/aromatic N) is 1. The molecule has 4 heteroatoms. The third-order valence-corrected chi connectivity index (χ3v) is 1.68. The largest absolute Gasteiger partial charge is 0.478 e. The molecule has 0 unspecified atom stereocenters. The lowest BCUT2D eigenvalue weighted by atomic mass is 10.4. The molecule has 0 amide bonds. The Morgan fingerprint density at radius 1 is 1.36 bits per heavy atom. The predicted molar refractivity (Wildman–Crippen MR) is 57.3 cm³/mol. The molecule has 0 aromatic rings. The number of carboxylic acid groups (broad SMARTS) is 1. The van der Waals surface area contributed by atoms with Crippen molar-refractivity contribution in [3.63, 3.8) is 0 Å². The number of aliphatic hydroxyl groups excluding tert-OH is 1. The van der Waals surface area contributed by atoms with E-state index in [0.717, 1.165) is 19.6 Å². The highest BCUT2D eigenvalue weighted by atomic mass is 16.4.